The zero-order valence-electron chi connectivity index (χ0n) is 11.5. The normalized spacial score (nSPS) is 12.5. The van der Waals surface area contributed by atoms with Gasteiger partial charge in [-0.2, -0.15) is 8.42 Å². The van der Waals surface area contributed by atoms with Crippen molar-refractivity contribution in [1.82, 2.24) is 4.57 Å². The van der Waals surface area contributed by atoms with Crippen molar-refractivity contribution in [2.24, 2.45) is 7.05 Å². The lowest BCUT2D eigenvalue weighted by molar-refractivity contribution is 0.488. The molecule has 0 N–H and O–H groups in total. The number of hydrogen-bond acceptors (Lipinski definition) is 6. The first-order chi connectivity index (χ1) is 9.49. The number of fused-ring (bicyclic) bond motifs is 1. The van der Waals surface area contributed by atoms with E-state index in [0.29, 0.717) is 5.52 Å². The smallest absolute Gasteiger partial charge is 0.306 e. The van der Waals surface area contributed by atoms with Crippen molar-refractivity contribution in [2.45, 2.75) is 4.90 Å². The van der Waals surface area contributed by atoms with E-state index in [0.717, 1.165) is 12.5 Å². The van der Waals surface area contributed by atoms with Crippen LogP contribution in [0.4, 0.5) is 0 Å². The van der Waals surface area contributed by atoms with E-state index in [1.165, 1.54) is 29.0 Å². The average molecular weight is 331 g/mol. The Hall–Kier alpha value is -1.87. The van der Waals surface area contributed by atoms with Crippen LogP contribution in [0.2, 0.25) is 0 Å². The number of pyridine rings is 1. The summed E-state index contributed by atoms with van der Waals surface area (Å²) in [6, 6.07) is 3.99. The summed E-state index contributed by atoms with van der Waals surface area (Å²) in [5.74, 6) is -0.334. The third kappa shape index (κ3) is 3.24. The molecule has 0 aliphatic rings. The van der Waals surface area contributed by atoms with Gasteiger partial charge in [-0.1, -0.05) is 0 Å². The lowest BCUT2D eigenvalue weighted by Gasteiger charge is -2.10. The molecule has 21 heavy (non-hydrogen) atoms. The Balaban J connectivity index is 2.79. The van der Waals surface area contributed by atoms with Crippen LogP contribution in [0.3, 0.4) is 0 Å². The second-order valence-electron chi connectivity index (χ2n) is 4.67. The van der Waals surface area contributed by atoms with Gasteiger partial charge in [-0.25, -0.2) is 8.42 Å². The van der Waals surface area contributed by atoms with Crippen molar-refractivity contribution >= 4 is 30.9 Å². The molecule has 0 amide bonds. The summed E-state index contributed by atoms with van der Waals surface area (Å²) in [5.41, 5.74) is -0.252. The molecule has 0 spiro atoms. The highest BCUT2D eigenvalue weighted by molar-refractivity contribution is 7.90. The molecule has 0 bridgehead atoms. The third-order valence-corrected chi connectivity index (χ3v) is 4.39. The van der Waals surface area contributed by atoms with E-state index in [1.807, 2.05) is 0 Å². The number of sulfone groups is 1. The van der Waals surface area contributed by atoms with Crippen molar-refractivity contribution in [3.8, 4) is 5.75 Å². The average Bonchev–Trinajstić information content (AvgIpc) is 2.32. The van der Waals surface area contributed by atoms with Crippen molar-refractivity contribution < 1.29 is 21.0 Å². The standard InChI is InChI=1S/C12H13NO6S2/c1-13-7-11(19-21(3,17)18)12(14)9-5-4-8(6-10(9)13)20(2,15)16/h4-7H,1-3H3. The molecule has 0 atom stereocenters. The van der Waals surface area contributed by atoms with Gasteiger partial charge < -0.3 is 8.75 Å². The molecular weight excluding hydrogens is 318 g/mol. The summed E-state index contributed by atoms with van der Waals surface area (Å²) < 4.78 is 51.4. The molecule has 0 saturated carbocycles. The van der Waals surface area contributed by atoms with Gasteiger partial charge in [-0.05, 0) is 18.2 Å². The van der Waals surface area contributed by atoms with Gasteiger partial charge in [-0.15, -0.1) is 0 Å². The van der Waals surface area contributed by atoms with Crippen LogP contribution in [0.5, 0.6) is 5.75 Å². The summed E-state index contributed by atoms with van der Waals surface area (Å²) in [5, 5.41) is 0.172. The quantitative estimate of drug-likeness (QED) is 0.749. The third-order valence-electron chi connectivity index (χ3n) is 2.80. The Kier molecular flexibility index (Phi) is 3.58. The molecule has 1 aromatic heterocycles. The lowest BCUT2D eigenvalue weighted by atomic mass is 10.2. The number of nitrogens with zero attached hydrogens (tertiary/aromatic N) is 1. The molecular formula is C12H13NO6S2. The van der Waals surface area contributed by atoms with E-state index in [9.17, 15) is 21.6 Å². The summed E-state index contributed by atoms with van der Waals surface area (Å²) in [6.45, 7) is 0. The first-order valence-corrected chi connectivity index (χ1v) is 9.43. The van der Waals surface area contributed by atoms with E-state index in [1.54, 1.807) is 7.05 Å². The fourth-order valence-corrected chi connectivity index (χ4v) is 2.97. The minimum Gasteiger partial charge on any atom is -0.377 e. The fourth-order valence-electron chi connectivity index (χ4n) is 1.89. The minimum atomic E-state index is -3.83. The minimum absolute atomic E-state index is 0.0711. The Morgan fingerprint density at radius 2 is 1.71 bits per heavy atom. The highest BCUT2D eigenvalue weighted by atomic mass is 32.2. The lowest BCUT2D eigenvalue weighted by Crippen LogP contribution is -2.16. The Labute approximate surface area is 121 Å². The SMILES string of the molecule is Cn1cc(OS(C)(=O)=O)c(=O)c2ccc(S(C)(=O)=O)cc21. The molecule has 114 valence electrons. The predicted octanol–water partition coefficient (Wildman–Crippen LogP) is 0.280. The second-order valence-corrected chi connectivity index (χ2v) is 8.26. The predicted molar refractivity (Wildman–Crippen MR) is 77.8 cm³/mol. The van der Waals surface area contributed by atoms with Gasteiger partial charge in [0.25, 0.3) is 0 Å². The van der Waals surface area contributed by atoms with Crippen molar-refractivity contribution in [2.75, 3.05) is 12.5 Å². The highest BCUT2D eigenvalue weighted by Gasteiger charge is 2.15. The summed E-state index contributed by atoms with van der Waals surface area (Å²) in [6.07, 6.45) is 3.11. The molecule has 2 rings (SSSR count). The number of aryl methyl sites for hydroxylation is 1. The van der Waals surface area contributed by atoms with Crippen LogP contribution in [-0.4, -0.2) is 33.9 Å². The van der Waals surface area contributed by atoms with Gasteiger partial charge in [0.2, 0.25) is 11.2 Å². The molecule has 0 radical (unpaired) electrons. The molecule has 0 fully saturated rings. The van der Waals surface area contributed by atoms with Crippen LogP contribution in [0.15, 0.2) is 34.1 Å². The summed E-state index contributed by atoms with van der Waals surface area (Å²) in [4.78, 5) is 12.2. The number of aromatic nitrogens is 1. The topological polar surface area (TPSA) is 99.5 Å². The maximum Gasteiger partial charge on any atom is 0.306 e. The van der Waals surface area contributed by atoms with E-state index in [-0.39, 0.29) is 16.0 Å². The molecule has 0 aliphatic carbocycles. The Bertz CT molecular complexity index is 986. The van der Waals surface area contributed by atoms with Crippen molar-refractivity contribution in [3.05, 3.63) is 34.6 Å². The number of benzene rings is 1. The second kappa shape index (κ2) is 4.85. The van der Waals surface area contributed by atoms with E-state index >= 15 is 0 Å². The van der Waals surface area contributed by atoms with Crippen LogP contribution in [0.25, 0.3) is 10.9 Å². The molecule has 9 heteroatoms. The maximum absolute atomic E-state index is 12.2. The maximum atomic E-state index is 12.2. The molecule has 0 saturated heterocycles. The molecule has 0 unspecified atom stereocenters. The molecule has 0 aliphatic heterocycles. The van der Waals surface area contributed by atoms with Crippen LogP contribution < -0.4 is 9.61 Å². The molecule has 7 nitrogen and oxygen atoms in total. The van der Waals surface area contributed by atoms with Gasteiger partial charge in [0.15, 0.2) is 9.84 Å². The van der Waals surface area contributed by atoms with Crippen LogP contribution in [0.1, 0.15) is 0 Å². The van der Waals surface area contributed by atoms with Gasteiger partial charge in [-0.3, -0.25) is 4.79 Å². The first-order valence-electron chi connectivity index (χ1n) is 5.72. The first kappa shape index (κ1) is 15.5. The Morgan fingerprint density at radius 1 is 1.10 bits per heavy atom. The van der Waals surface area contributed by atoms with Crippen LogP contribution in [0, 0.1) is 0 Å². The summed E-state index contributed by atoms with van der Waals surface area (Å²) in [7, 11) is -5.67. The number of rotatable bonds is 3. The van der Waals surface area contributed by atoms with E-state index in [2.05, 4.69) is 4.18 Å². The fraction of sp³-hybridized carbons (Fsp3) is 0.250. The number of hydrogen-bond donors (Lipinski definition) is 0. The zero-order valence-corrected chi connectivity index (χ0v) is 13.2. The molecule has 2 aromatic rings. The molecule has 1 heterocycles. The van der Waals surface area contributed by atoms with Crippen molar-refractivity contribution in [3.63, 3.8) is 0 Å². The highest BCUT2D eigenvalue weighted by Crippen LogP contribution is 2.19. The molecule has 1 aromatic carbocycles. The van der Waals surface area contributed by atoms with E-state index < -0.39 is 25.4 Å². The van der Waals surface area contributed by atoms with E-state index in [4.69, 9.17) is 0 Å². The summed E-state index contributed by atoms with van der Waals surface area (Å²) >= 11 is 0. The van der Waals surface area contributed by atoms with Crippen molar-refractivity contribution in [1.29, 1.82) is 0 Å². The van der Waals surface area contributed by atoms with Gasteiger partial charge in [0, 0.05) is 18.7 Å². The van der Waals surface area contributed by atoms with Gasteiger partial charge >= 0.3 is 10.1 Å². The largest absolute Gasteiger partial charge is 0.377 e. The monoisotopic (exact) mass is 331 g/mol. The van der Waals surface area contributed by atoms with Gasteiger partial charge in [0.05, 0.1) is 22.9 Å². The van der Waals surface area contributed by atoms with Crippen LogP contribution in [-0.2, 0) is 27.0 Å². The van der Waals surface area contributed by atoms with Crippen LogP contribution >= 0.6 is 0 Å². The Morgan fingerprint density at radius 3 is 2.24 bits per heavy atom. The van der Waals surface area contributed by atoms with Gasteiger partial charge in [0.1, 0.15) is 0 Å². The zero-order chi connectivity index (χ0) is 16.0.